The van der Waals surface area contributed by atoms with Gasteiger partial charge in [-0.25, -0.2) is 15.0 Å². The van der Waals surface area contributed by atoms with Crippen molar-refractivity contribution in [2.75, 3.05) is 0 Å². The highest BCUT2D eigenvalue weighted by atomic mass is 32.1. The maximum atomic E-state index is 5.05. The third-order valence-electron chi connectivity index (χ3n) is 8.92. The van der Waals surface area contributed by atoms with E-state index in [9.17, 15) is 0 Å². The topological polar surface area (TPSA) is 38.7 Å². The van der Waals surface area contributed by atoms with Crippen LogP contribution in [0.25, 0.3) is 87.7 Å². The van der Waals surface area contributed by atoms with Crippen molar-refractivity contribution in [2.24, 2.45) is 0 Å². The number of hydrogen-bond acceptors (Lipinski definition) is 4. The van der Waals surface area contributed by atoms with E-state index in [4.69, 9.17) is 15.0 Å². The average molecular weight is 644 g/mol. The summed E-state index contributed by atoms with van der Waals surface area (Å²) in [5.41, 5.74) is 10.1. The third kappa shape index (κ3) is 5.58. The van der Waals surface area contributed by atoms with E-state index in [0.717, 1.165) is 16.7 Å². The molecule has 0 fully saturated rings. The van der Waals surface area contributed by atoms with Gasteiger partial charge in [0.15, 0.2) is 17.5 Å². The van der Waals surface area contributed by atoms with Crippen molar-refractivity contribution in [3.8, 4) is 67.5 Å². The quantitative estimate of drug-likeness (QED) is 0.181. The van der Waals surface area contributed by atoms with Crippen LogP contribution in [0.4, 0.5) is 0 Å². The van der Waals surface area contributed by atoms with Gasteiger partial charge >= 0.3 is 0 Å². The molecule has 0 saturated carbocycles. The number of aromatic nitrogens is 3. The summed E-state index contributed by atoms with van der Waals surface area (Å²) in [4.78, 5) is 15.0. The maximum Gasteiger partial charge on any atom is 0.165 e. The number of thiophene rings is 1. The van der Waals surface area contributed by atoms with Gasteiger partial charge in [-0.05, 0) is 63.7 Å². The van der Waals surface area contributed by atoms with Crippen LogP contribution >= 0.6 is 11.3 Å². The van der Waals surface area contributed by atoms with Crippen molar-refractivity contribution in [1.29, 1.82) is 0 Å². The van der Waals surface area contributed by atoms with E-state index in [1.807, 2.05) is 60.7 Å². The fraction of sp³-hybridized carbons (Fsp3) is 0. The molecule has 0 amide bonds. The molecule has 0 aliphatic rings. The summed E-state index contributed by atoms with van der Waals surface area (Å²) in [6, 6.07) is 61.7. The van der Waals surface area contributed by atoms with E-state index in [-0.39, 0.29) is 0 Å². The molecule has 3 nitrogen and oxygen atoms in total. The van der Waals surface area contributed by atoms with Crippen LogP contribution in [-0.4, -0.2) is 15.0 Å². The second-order valence-electron chi connectivity index (χ2n) is 12.1. The molecule has 0 saturated heterocycles. The monoisotopic (exact) mass is 643 g/mol. The van der Waals surface area contributed by atoms with Crippen molar-refractivity contribution in [3.05, 3.63) is 176 Å². The lowest BCUT2D eigenvalue weighted by molar-refractivity contribution is 1.08. The Morgan fingerprint density at radius 3 is 1.31 bits per heavy atom. The van der Waals surface area contributed by atoms with E-state index < -0.39 is 0 Å². The molecule has 0 N–H and O–H groups in total. The SMILES string of the molecule is c1ccc(-c2cc(-c3ccccc3)cc(-c3ccc4c(c3)sc3c(-c5nc(-c6ccccc6)nc(-c6ccccc6)n5)cccc34)c2)cc1. The van der Waals surface area contributed by atoms with Crippen molar-refractivity contribution < 1.29 is 0 Å². The molecule has 9 aromatic rings. The molecule has 49 heavy (non-hydrogen) atoms. The molecular formula is C45H29N3S. The van der Waals surface area contributed by atoms with Gasteiger partial charge in [0, 0.05) is 36.9 Å². The van der Waals surface area contributed by atoms with E-state index in [1.165, 1.54) is 53.6 Å². The lowest BCUT2D eigenvalue weighted by atomic mass is 9.93. The Morgan fingerprint density at radius 1 is 0.306 bits per heavy atom. The summed E-state index contributed by atoms with van der Waals surface area (Å²) in [5.74, 6) is 2.00. The first-order valence-corrected chi connectivity index (χ1v) is 17.2. The van der Waals surface area contributed by atoms with Crippen molar-refractivity contribution in [2.45, 2.75) is 0 Å². The van der Waals surface area contributed by atoms with Gasteiger partial charge in [-0.1, -0.05) is 146 Å². The molecule has 0 atom stereocenters. The third-order valence-corrected chi connectivity index (χ3v) is 10.1. The lowest BCUT2D eigenvalue weighted by Gasteiger charge is -2.11. The Kier molecular flexibility index (Phi) is 7.34. The standard InChI is InChI=1S/C45H29N3S/c1-5-14-30(15-6-1)35-26-36(31-16-7-2-8-17-31)28-37(27-35)34-24-25-38-39-22-13-23-40(42(39)49-41(38)29-34)45-47-43(32-18-9-3-10-19-32)46-44(48-45)33-20-11-4-12-21-33/h1-29H. The zero-order valence-corrected chi connectivity index (χ0v) is 27.3. The number of fused-ring (bicyclic) bond motifs is 3. The first-order valence-electron chi connectivity index (χ1n) is 16.4. The minimum atomic E-state index is 0.664. The predicted molar refractivity (Wildman–Crippen MR) is 205 cm³/mol. The first kappa shape index (κ1) is 29.0. The molecule has 0 aliphatic heterocycles. The summed E-state index contributed by atoms with van der Waals surface area (Å²) in [6.07, 6.45) is 0. The van der Waals surface area contributed by atoms with Gasteiger partial charge in [-0.3, -0.25) is 0 Å². The van der Waals surface area contributed by atoms with Crippen LogP contribution in [0.3, 0.4) is 0 Å². The lowest BCUT2D eigenvalue weighted by Crippen LogP contribution is -2.00. The smallest absolute Gasteiger partial charge is 0.165 e. The van der Waals surface area contributed by atoms with Crippen LogP contribution in [0.15, 0.2) is 176 Å². The highest BCUT2D eigenvalue weighted by Gasteiger charge is 2.17. The van der Waals surface area contributed by atoms with Crippen LogP contribution in [0.5, 0.6) is 0 Å². The molecule has 7 aromatic carbocycles. The Morgan fingerprint density at radius 2 is 0.776 bits per heavy atom. The van der Waals surface area contributed by atoms with Crippen molar-refractivity contribution in [1.82, 2.24) is 15.0 Å². The van der Waals surface area contributed by atoms with Crippen LogP contribution in [-0.2, 0) is 0 Å². The molecule has 2 aromatic heterocycles. The number of hydrogen-bond donors (Lipinski definition) is 0. The number of rotatable bonds is 6. The van der Waals surface area contributed by atoms with E-state index in [1.54, 1.807) is 11.3 Å². The van der Waals surface area contributed by atoms with E-state index in [0.29, 0.717) is 17.5 Å². The van der Waals surface area contributed by atoms with Crippen LogP contribution in [0, 0.1) is 0 Å². The maximum absolute atomic E-state index is 5.05. The van der Waals surface area contributed by atoms with E-state index >= 15 is 0 Å². The second-order valence-corrected chi connectivity index (χ2v) is 13.1. The first-order chi connectivity index (χ1) is 24.3. The summed E-state index contributed by atoms with van der Waals surface area (Å²) < 4.78 is 2.40. The van der Waals surface area contributed by atoms with E-state index in [2.05, 4.69) is 115 Å². The summed E-state index contributed by atoms with van der Waals surface area (Å²) in [7, 11) is 0. The highest BCUT2D eigenvalue weighted by Crippen LogP contribution is 2.42. The van der Waals surface area contributed by atoms with Crippen LogP contribution in [0.1, 0.15) is 0 Å². The number of benzene rings is 7. The summed E-state index contributed by atoms with van der Waals surface area (Å²) in [6.45, 7) is 0. The molecule has 0 spiro atoms. The molecule has 2 heterocycles. The molecule has 0 unspecified atom stereocenters. The van der Waals surface area contributed by atoms with Crippen molar-refractivity contribution >= 4 is 31.5 Å². The van der Waals surface area contributed by atoms with Gasteiger partial charge in [0.25, 0.3) is 0 Å². The second kappa shape index (κ2) is 12.4. The van der Waals surface area contributed by atoms with Crippen LogP contribution < -0.4 is 0 Å². The Bertz CT molecular complexity index is 2460. The molecule has 4 heteroatoms. The van der Waals surface area contributed by atoms with Crippen LogP contribution in [0.2, 0.25) is 0 Å². The van der Waals surface area contributed by atoms with Gasteiger partial charge < -0.3 is 0 Å². The van der Waals surface area contributed by atoms with Gasteiger partial charge in [0.2, 0.25) is 0 Å². The zero-order chi connectivity index (χ0) is 32.6. The zero-order valence-electron chi connectivity index (χ0n) is 26.5. The highest BCUT2D eigenvalue weighted by molar-refractivity contribution is 7.26. The molecule has 0 aliphatic carbocycles. The Balaban J connectivity index is 1.20. The summed E-state index contributed by atoms with van der Waals surface area (Å²) in [5, 5.41) is 2.43. The summed E-state index contributed by atoms with van der Waals surface area (Å²) >= 11 is 1.80. The predicted octanol–water partition coefficient (Wildman–Crippen LogP) is 12.2. The minimum absolute atomic E-state index is 0.664. The molecule has 0 radical (unpaired) electrons. The fourth-order valence-electron chi connectivity index (χ4n) is 6.47. The van der Waals surface area contributed by atoms with Gasteiger partial charge in [-0.2, -0.15) is 0 Å². The normalized spacial score (nSPS) is 11.3. The van der Waals surface area contributed by atoms with Gasteiger partial charge in [-0.15, -0.1) is 11.3 Å². The Hall–Kier alpha value is -6.23. The average Bonchev–Trinajstić information content (AvgIpc) is 3.57. The molecule has 230 valence electrons. The van der Waals surface area contributed by atoms with Crippen molar-refractivity contribution in [3.63, 3.8) is 0 Å². The molecule has 9 rings (SSSR count). The van der Waals surface area contributed by atoms with Gasteiger partial charge in [0.05, 0.1) is 0 Å². The Labute approximate surface area is 288 Å². The number of nitrogens with zero attached hydrogens (tertiary/aromatic N) is 3. The largest absolute Gasteiger partial charge is 0.208 e. The minimum Gasteiger partial charge on any atom is -0.208 e. The molecular weight excluding hydrogens is 615 g/mol. The van der Waals surface area contributed by atoms with Gasteiger partial charge in [0.1, 0.15) is 0 Å². The fourth-order valence-corrected chi connectivity index (χ4v) is 7.72. The molecule has 0 bridgehead atoms.